The van der Waals surface area contributed by atoms with Crippen LogP contribution in [0.5, 0.6) is 0 Å². The molecule has 0 aromatic carbocycles. The zero-order chi connectivity index (χ0) is 9.98. The smallest absolute Gasteiger partial charge is 0.333 e. The third-order valence-electron chi connectivity index (χ3n) is 0.673. The summed E-state index contributed by atoms with van der Waals surface area (Å²) < 4.78 is 4.46. The van der Waals surface area contributed by atoms with Gasteiger partial charge in [0.1, 0.15) is 6.61 Å². The summed E-state index contributed by atoms with van der Waals surface area (Å²) in [6.07, 6.45) is 1.50. The van der Waals surface area contributed by atoms with Crippen molar-refractivity contribution in [3.8, 4) is 0 Å². The summed E-state index contributed by atoms with van der Waals surface area (Å²) in [6.45, 7) is 11.3. The normalized spacial score (nSPS) is 7.58. The van der Waals surface area contributed by atoms with E-state index in [0.29, 0.717) is 5.57 Å². The maximum atomic E-state index is 10.5. The van der Waals surface area contributed by atoms with Crippen molar-refractivity contribution in [2.24, 2.45) is 0 Å². The molecular formula is C9H15O3. The van der Waals surface area contributed by atoms with E-state index in [1.165, 1.54) is 6.08 Å². The number of esters is 1. The first-order valence-electron chi connectivity index (χ1n) is 3.43. The molecule has 0 amide bonds. The van der Waals surface area contributed by atoms with Gasteiger partial charge in [-0.05, 0) is 13.8 Å². The second-order valence-corrected chi connectivity index (χ2v) is 1.93. The first kappa shape index (κ1) is 13.5. The van der Waals surface area contributed by atoms with E-state index in [2.05, 4.69) is 24.8 Å². The largest absolute Gasteiger partial charge is 0.460 e. The van der Waals surface area contributed by atoms with Crippen molar-refractivity contribution < 1.29 is 14.6 Å². The monoisotopic (exact) mass is 171 g/mol. The first-order chi connectivity index (χ1) is 5.59. The van der Waals surface area contributed by atoms with Gasteiger partial charge < -0.3 is 9.84 Å². The fraction of sp³-hybridized carbons (Fsp3) is 0.333. The van der Waals surface area contributed by atoms with Crippen LogP contribution in [-0.4, -0.2) is 24.3 Å². The number of hydrogen-bond acceptors (Lipinski definition) is 3. The van der Waals surface area contributed by atoms with Gasteiger partial charge in [0.15, 0.2) is 0 Å². The Hall–Kier alpha value is -1.09. The molecule has 0 unspecified atom stereocenters. The van der Waals surface area contributed by atoms with Crippen molar-refractivity contribution >= 4 is 5.97 Å². The SMILES string of the molecule is C=C(C)C(=O)OCCO.[CH2]C=C. The molecule has 0 aromatic heterocycles. The van der Waals surface area contributed by atoms with Crippen LogP contribution < -0.4 is 0 Å². The summed E-state index contributed by atoms with van der Waals surface area (Å²) >= 11 is 0. The molecule has 0 aromatic rings. The molecule has 0 rings (SSSR count). The Morgan fingerprint density at radius 3 is 2.33 bits per heavy atom. The van der Waals surface area contributed by atoms with Gasteiger partial charge in [-0.15, -0.1) is 6.58 Å². The quantitative estimate of drug-likeness (QED) is 0.511. The molecule has 0 bridgehead atoms. The van der Waals surface area contributed by atoms with Crippen molar-refractivity contribution in [1.29, 1.82) is 0 Å². The first-order valence-corrected chi connectivity index (χ1v) is 3.43. The fourth-order valence-electron chi connectivity index (χ4n) is 0.262. The Balaban J connectivity index is 0. The highest BCUT2D eigenvalue weighted by molar-refractivity contribution is 5.86. The van der Waals surface area contributed by atoms with Crippen LogP contribution in [0.3, 0.4) is 0 Å². The van der Waals surface area contributed by atoms with Crippen LogP contribution in [0, 0.1) is 6.92 Å². The average Bonchev–Trinajstić information content (AvgIpc) is 2.01. The van der Waals surface area contributed by atoms with E-state index < -0.39 is 5.97 Å². The number of allylic oxidation sites excluding steroid dienone is 1. The van der Waals surface area contributed by atoms with Crippen LogP contribution in [0.25, 0.3) is 0 Å². The van der Waals surface area contributed by atoms with E-state index in [0.717, 1.165) is 0 Å². The van der Waals surface area contributed by atoms with Gasteiger partial charge in [0.05, 0.1) is 6.61 Å². The van der Waals surface area contributed by atoms with Gasteiger partial charge in [-0.2, -0.15) is 0 Å². The average molecular weight is 171 g/mol. The van der Waals surface area contributed by atoms with Crippen molar-refractivity contribution in [1.82, 2.24) is 0 Å². The van der Waals surface area contributed by atoms with E-state index in [1.807, 2.05) is 0 Å². The fourth-order valence-corrected chi connectivity index (χ4v) is 0.262. The number of aliphatic hydroxyl groups is 1. The Morgan fingerprint density at radius 1 is 1.67 bits per heavy atom. The lowest BCUT2D eigenvalue weighted by atomic mass is 10.4. The third kappa shape index (κ3) is 11.7. The van der Waals surface area contributed by atoms with Crippen LogP contribution >= 0.6 is 0 Å². The lowest BCUT2D eigenvalue weighted by molar-refractivity contribution is -0.139. The molecular weight excluding hydrogens is 156 g/mol. The van der Waals surface area contributed by atoms with Gasteiger partial charge in [-0.1, -0.05) is 12.7 Å². The van der Waals surface area contributed by atoms with Gasteiger partial charge >= 0.3 is 5.97 Å². The van der Waals surface area contributed by atoms with Crippen LogP contribution in [0.15, 0.2) is 24.8 Å². The maximum Gasteiger partial charge on any atom is 0.333 e. The van der Waals surface area contributed by atoms with E-state index in [9.17, 15) is 4.79 Å². The summed E-state index contributed by atoms with van der Waals surface area (Å²) in [4.78, 5) is 10.5. The molecule has 0 aliphatic rings. The molecule has 0 fully saturated rings. The van der Waals surface area contributed by atoms with Gasteiger partial charge in [0, 0.05) is 5.57 Å². The summed E-state index contributed by atoms with van der Waals surface area (Å²) in [7, 11) is 0. The number of carbonyl (C=O) groups excluding carboxylic acids is 1. The molecule has 3 heteroatoms. The number of carbonyl (C=O) groups is 1. The lowest BCUT2D eigenvalue weighted by Crippen LogP contribution is -2.08. The summed E-state index contributed by atoms with van der Waals surface area (Å²) in [5.74, 6) is -0.455. The van der Waals surface area contributed by atoms with Gasteiger partial charge in [-0.3, -0.25) is 0 Å². The second-order valence-electron chi connectivity index (χ2n) is 1.93. The second kappa shape index (κ2) is 9.91. The molecule has 0 saturated heterocycles. The van der Waals surface area contributed by atoms with E-state index in [1.54, 1.807) is 6.92 Å². The number of ether oxygens (including phenoxy) is 1. The molecule has 0 spiro atoms. The third-order valence-corrected chi connectivity index (χ3v) is 0.673. The van der Waals surface area contributed by atoms with Crippen molar-refractivity contribution in [3.63, 3.8) is 0 Å². The minimum Gasteiger partial charge on any atom is -0.460 e. The molecule has 0 atom stereocenters. The topological polar surface area (TPSA) is 46.5 Å². The minimum absolute atomic E-state index is 0.0473. The molecule has 0 heterocycles. The van der Waals surface area contributed by atoms with Crippen molar-refractivity contribution in [2.45, 2.75) is 6.92 Å². The van der Waals surface area contributed by atoms with Crippen LogP contribution in [0.2, 0.25) is 0 Å². The number of rotatable bonds is 3. The molecule has 3 nitrogen and oxygen atoms in total. The molecule has 0 saturated carbocycles. The summed E-state index contributed by atoms with van der Waals surface area (Å²) in [6, 6.07) is 0. The predicted octanol–water partition coefficient (Wildman–Crippen LogP) is 1.10. The van der Waals surface area contributed by atoms with Crippen molar-refractivity contribution in [2.75, 3.05) is 13.2 Å². The summed E-state index contributed by atoms with van der Waals surface area (Å²) in [5.41, 5.74) is 0.350. The zero-order valence-electron chi connectivity index (χ0n) is 7.38. The van der Waals surface area contributed by atoms with Crippen LogP contribution in [0.4, 0.5) is 0 Å². The molecule has 1 radical (unpaired) electrons. The van der Waals surface area contributed by atoms with Gasteiger partial charge in [0.25, 0.3) is 0 Å². The van der Waals surface area contributed by atoms with Crippen LogP contribution in [0.1, 0.15) is 6.92 Å². The number of hydrogen-bond donors (Lipinski definition) is 1. The number of aliphatic hydroxyl groups excluding tert-OH is 1. The Kier molecular flexibility index (Phi) is 11.1. The molecule has 12 heavy (non-hydrogen) atoms. The van der Waals surface area contributed by atoms with E-state index in [-0.39, 0.29) is 13.2 Å². The van der Waals surface area contributed by atoms with Crippen molar-refractivity contribution in [3.05, 3.63) is 31.7 Å². The maximum absolute atomic E-state index is 10.5. The zero-order valence-corrected chi connectivity index (χ0v) is 7.38. The standard InChI is InChI=1S/C6H10O3.C3H5/c1-5(2)6(8)9-4-3-7;1-3-2/h7H,1,3-4H2,2H3;3H,1-2H2. The summed E-state index contributed by atoms with van der Waals surface area (Å²) in [5, 5.41) is 8.19. The highest BCUT2D eigenvalue weighted by Gasteiger charge is 1.99. The van der Waals surface area contributed by atoms with Gasteiger partial charge in [-0.25, -0.2) is 4.79 Å². The molecule has 0 aliphatic carbocycles. The predicted molar refractivity (Wildman–Crippen MR) is 48.4 cm³/mol. The van der Waals surface area contributed by atoms with Gasteiger partial charge in [0.2, 0.25) is 0 Å². The lowest BCUT2D eigenvalue weighted by Gasteiger charge is -1.99. The Labute approximate surface area is 73.4 Å². The Morgan fingerprint density at radius 2 is 2.08 bits per heavy atom. The minimum atomic E-state index is -0.455. The molecule has 0 aliphatic heterocycles. The van der Waals surface area contributed by atoms with E-state index in [4.69, 9.17) is 5.11 Å². The molecule has 1 N–H and O–H groups in total. The van der Waals surface area contributed by atoms with E-state index >= 15 is 0 Å². The molecule has 69 valence electrons. The highest BCUT2D eigenvalue weighted by Crippen LogP contribution is 1.89. The van der Waals surface area contributed by atoms with Crippen LogP contribution in [-0.2, 0) is 9.53 Å². The Bertz CT molecular complexity index is 150. The highest BCUT2D eigenvalue weighted by atomic mass is 16.5.